The van der Waals surface area contributed by atoms with Crippen LogP contribution in [0.15, 0.2) is 34.1 Å². The van der Waals surface area contributed by atoms with Gasteiger partial charge in [-0.2, -0.15) is 15.8 Å². The molecule has 0 saturated carbocycles. The molecule has 0 aliphatic carbocycles. The van der Waals surface area contributed by atoms with Crippen molar-refractivity contribution in [2.75, 3.05) is 12.8 Å². The monoisotopic (exact) mass is 478 g/mol. The van der Waals surface area contributed by atoms with E-state index in [-0.39, 0.29) is 38.9 Å². The number of hydrogen-bond donors (Lipinski definition) is 2. The summed E-state index contributed by atoms with van der Waals surface area (Å²) in [7, 11) is 1.44. The smallest absolute Gasteiger partial charge is 0.280 e. The van der Waals surface area contributed by atoms with E-state index in [0.717, 1.165) is 11.8 Å². The molecule has 0 bridgehead atoms. The van der Waals surface area contributed by atoms with Crippen molar-refractivity contribution in [3.63, 3.8) is 0 Å². The van der Waals surface area contributed by atoms with Gasteiger partial charge in [-0.25, -0.2) is 13.8 Å². The maximum absolute atomic E-state index is 13.2. The number of aryl methyl sites for hydroxylation is 1. The van der Waals surface area contributed by atoms with Crippen LogP contribution in [0, 0.1) is 40.9 Å². The predicted molar refractivity (Wildman–Crippen MR) is 121 cm³/mol. The number of halogens is 2. The minimum Gasteiger partial charge on any atom is -0.496 e. The number of nitriles is 3. The lowest BCUT2D eigenvalue weighted by Gasteiger charge is -2.14. The Morgan fingerprint density at radius 2 is 1.82 bits per heavy atom. The van der Waals surface area contributed by atoms with Crippen molar-refractivity contribution >= 4 is 17.6 Å². The normalized spacial score (nSPS) is 10.4. The summed E-state index contributed by atoms with van der Waals surface area (Å²) in [4.78, 5) is 18.5. The quantitative estimate of drug-likeness (QED) is 0.500. The number of hydrogen-bond acceptors (Lipinski definition) is 8. The summed E-state index contributed by atoms with van der Waals surface area (Å²) in [6.07, 6.45) is -2.79. The zero-order valence-corrected chi connectivity index (χ0v) is 18.8. The molecule has 0 aliphatic rings. The van der Waals surface area contributed by atoms with Gasteiger partial charge in [0.15, 0.2) is 0 Å². The van der Waals surface area contributed by atoms with E-state index in [1.54, 1.807) is 31.2 Å². The average Bonchev–Trinajstić information content (AvgIpc) is 2.81. The molecule has 3 N–H and O–H groups in total. The number of rotatable bonds is 6. The van der Waals surface area contributed by atoms with Gasteiger partial charge in [0.05, 0.1) is 12.7 Å². The molecule has 0 unspecified atom stereocenters. The number of methoxy groups -OCH3 is 1. The molecule has 0 spiro atoms. The van der Waals surface area contributed by atoms with Crippen molar-refractivity contribution in [1.82, 2.24) is 9.97 Å². The number of thioether (sulfide) groups is 1. The molecular weight excluding hydrogens is 462 g/mol. The van der Waals surface area contributed by atoms with Gasteiger partial charge in [-0.05, 0) is 36.2 Å². The van der Waals surface area contributed by atoms with E-state index in [4.69, 9.17) is 10.5 Å². The largest absolute Gasteiger partial charge is 0.496 e. The fraction of sp³-hybridized carbons (Fsp3) is 0.174. The second-order valence-corrected chi connectivity index (χ2v) is 7.95. The summed E-state index contributed by atoms with van der Waals surface area (Å²) < 4.78 is 31.8. The Morgan fingerprint density at radius 3 is 2.41 bits per heavy atom. The number of nitrogen functional groups attached to an aromatic ring is 1. The van der Waals surface area contributed by atoms with E-state index in [1.165, 1.54) is 13.2 Å². The molecule has 0 radical (unpaired) electrons. The Morgan fingerprint density at radius 1 is 1.15 bits per heavy atom. The Labute approximate surface area is 197 Å². The molecule has 0 fully saturated rings. The van der Waals surface area contributed by atoms with Gasteiger partial charge < -0.3 is 15.5 Å². The molecule has 0 atom stereocenters. The van der Waals surface area contributed by atoms with Gasteiger partial charge in [0, 0.05) is 16.9 Å². The van der Waals surface area contributed by atoms with Gasteiger partial charge in [0.25, 0.3) is 12.0 Å². The zero-order chi connectivity index (χ0) is 25.0. The Kier molecular flexibility index (Phi) is 7.15. The van der Waals surface area contributed by atoms with Crippen molar-refractivity contribution < 1.29 is 13.5 Å². The molecule has 0 amide bonds. The first kappa shape index (κ1) is 24.2. The molecule has 8 nitrogen and oxygen atoms in total. The van der Waals surface area contributed by atoms with E-state index in [1.807, 2.05) is 12.1 Å². The molecule has 170 valence electrons. The maximum Gasteiger partial charge on any atom is 0.280 e. The van der Waals surface area contributed by atoms with Crippen LogP contribution in [0.3, 0.4) is 0 Å². The Balaban J connectivity index is 2.12. The molecule has 0 aliphatic heterocycles. The third-order valence-electron chi connectivity index (χ3n) is 4.94. The number of aromatic amines is 1. The summed E-state index contributed by atoms with van der Waals surface area (Å²) in [5.41, 5.74) is 5.86. The Hall–Kier alpha value is -4.40. The summed E-state index contributed by atoms with van der Waals surface area (Å²) in [5, 5.41) is 28.7. The van der Waals surface area contributed by atoms with E-state index < -0.39 is 17.7 Å². The number of nitrogens with two attached hydrogens (primary N) is 1. The van der Waals surface area contributed by atoms with Crippen LogP contribution in [-0.4, -0.2) is 17.1 Å². The number of nitrogens with zero attached hydrogens (tertiary/aromatic N) is 4. The molecule has 1 aromatic carbocycles. The lowest BCUT2D eigenvalue weighted by Crippen LogP contribution is -2.16. The van der Waals surface area contributed by atoms with Crippen LogP contribution in [0.25, 0.3) is 11.1 Å². The maximum atomic E-state index is 13.2. The Bertz CT molecular complexity index is 1460. The zero-order valence-electron chi connectivity index (χ0n) is 17.9. The highest BCUT2D eigenvalue weighted by atomic mass is 32.2. The summed E-state index contributed by atoms with van der Waals surface area (Å²) in [6, 6.07) is 11.7. The van der Waals surface area contributed by atoms with Crippen LogP contribution in [0.1, 0.15) is 39.9 Å². The van der Waals surface area contributed by atoms with E-state index >= 15 is 0 Å². The fourth-order valence-electron chi connectivity index (χ4n) is 3.35. The number of pyridine rings is 2. The van der Waals surface area contributed by atoms with Gasteiger partial charge in [0.2, 0.25) is 0 Å². The standard InChI is InChI=1S/C23H16F2N6O2S/c1-11-5-17(20(24)25)30-23(14(11)7-26)34-10-13-6-12(3-4-18(13)33-2)19-15(8-27)21(29)31-22(32)16(19)9-28/h3-6,20H,10H2,1-2H3,(H3,29,31,32). The number of anilines is 1. The highest BCUT2D eigenvalue weighted by molar-refractivity contribution is 7.98. The van der Waals surface area contributed by atoms with Crippen LogP contribution in [0.2, 0.25) is 0 Å². The van der Waals surface area contributed by atoms with Crippen LogP contribution in [-0.2, 0) is 5.75 Å². The fourth-order valence-corrected chi connectivity index (χ4v) is 4.38. The first-order chi connectivity index (χ1) is 16.2. The third-order valence-corrected chi connectivity index (χ3v) is 5.96. The second kappa shape index (κ2) is 10.0. The van der Waals surface area contributed by atoms with Crippen molar-refractivity contribution in [2.45, 2.75) is 24.1 Å². The lowest BCUT2D eigenvalue weighted by molar-refractivity contribution is 0.145. The number of ether oxygens (including phenoxy) is 1. The highest BCUT2D eigenvalue weighted by Gasteiger charge is 2.20. The SMILES string of the molecule is COc1ccc(-c2c(C#N)c(N)[nH]c(=O)c2C#N)cc1CSc1nc(C(F)F)cc(C)c1C#N. The molecule has 11 heteroatoms. The minimum absolute atomic E-state index is 0.0615. The van der Waals surface area contributed by atoms with Crippen molar-refractivity contribution in [3.05, 3.63) is 68.1 Å². The van der Waals surface area contributed by atoms with Gasteiger partial charge in [-0.1, -0.05) is 6.07 Å². The molecule has 34 heavy (non-hydrogen) atoms. The number of benzene rings is 1. The number of H-pyrrole nitrogens is 1. The van der Waals surface area contributed by atoms with E-state index in [2.05, 4.69) is 9.97 Å². The van der Waals surface area contributed by atoms with Crippen molar-refractivity contribution in [2.24, 2.45) is 0 Å². The average molecular weight is 478 g/mol. The number of alkyl halides is 2. The first-order valence-electron chi connectivity index (χ1n) is 9.61. The predicted octanol–water partition coefficient (Wildman–Crippen LogP) is 4.18. The minimum atomic E-state index is -2.79. The summed E-state index contributed by atoms with van der Waals surface area (Å²) in [6.45, 7) is 1.56. The molecule has 3 aromatic rings. The van der Waals surface area contributed by atoms with Crippen LogP contribution >= 0.6 is 11.8 Å². The molecule has 3 rings (SSSR count). The van der Waals surface area contributed by atoms with E-state index in [9.17, 15) is 29.4 Å². The highest BCUT2D eigenvalue weighted by Crippen LogP contribution is 2.36. The van der Waals surface area contributed by atoms with Crippen LogP contribution < -0.4 is 16.0 Å². The summed E-state index contributed by atoms with van der Waals surface area (Å²) in [5.74, 6) is 0.425. The molecule has 2 heterocycles. The lowest BCUT2D eigenvalue weighted by atomic mass is 9.95. The molecular formula is C23H16F2N6O2S. The number of aromatic nitrogens is 2. The van der Waals surface area contributed by atoms with Crippen LogP contribution in [0.4, 0.5) is 14.6 Å². The van der Waals surface area contributed by atoms with Crippen LogP contribution in [0.5, 0.6) is 5.75 Å². The second-order valence-electron chi connectivity index (χ2n) is 6.99. The van der Waals surface area contributed by atoms with E-state index in [0.29, 0.717) is 22.4 Å². The molecule has 2 aromatic heterocycles. The van der Waals surface area contributed by atoms with Gasteiger partial charge in [-0.3, -0.25) is 4.79 Å². The van der Waals surface area contributed by atoms with Gasteiger partial charge in [0.1, 0.15) is 51.6 Å². The van der Waals surface area contributed by atoms with Gasteiger partial charge in [-0.15, -0.1) is 11.8 Å². The van der Waals surface area contributed by atoms with Crippen molar-refractivity contribution in [3.8, 4) is 35.1 Å². The molecule has 0 saturated heterocycles. The summed E-state index contributed by atoms with van der Waals surface area (Å²) >= 11 is 1.06. The first-order valence-corrected chi connectivity index (χ1v) is 10.6. The van der Waals surface area contributed by atoms with Gasteiger partial charge >= 0.3 is 0 Å². The number of nitrogens with one attached hydrogen (secondary N) is 1. The topological polar surface area (TPSA) is 152 Å². The van der Waals surface area contributed by atoms with Crippen molar-refractivity contribution in [1.29, 1.82) is 15.8 Å². The third kappa shape index (κ3) is 4.54.